The predicted octanol–water partition coefficient (Wildman–Crippen LogP) is 1.10. The first-order valence-corrected chi connectivity index (χ1v) is 9.09. The van der Waals surface area contributed by atoms with Gasteiger partial charge in [-0.05, 0) is 19.4 Å². The van der Waals surface area contributed by atoms with Gasteiger partial charge in [-0.15, -0.1) is 0 Å². The van der Waals surface area contributed by atoms with Crippen LogP contribution in [0.3, 0.4) is 0 Å². The van der Waals surface area contributed by atoms with Crippen LogP contribution in [-0.2, 0) is 9.59 Å². The number of nitrogens with two attached hydrogens (primary N) is 1. The quantitative estimate of drug-likeness (QED) is 0.697. The van der Waals surface area contributed by atoms with Crippen molar-refractivity contribution in [3.63, 3.8) is 0 Å². The SMILES string of the molecule is COc1ccc(C(C)N2CCN(C(=O)CC[C@H](N)C(=O)O)CC2)c(OC)c1. The Morgan fingerprint density at radius 3 is 2.41 bits per heavy atom. The summed E-state index contributed by atoms with van der Waals surface area (Å²) in [4.78, 5) is 27.1. The van der Waals surface area contributed by atoms with Gasteiger partial charge in [0, 0.05) is 50.3 Å². The van der Waals surface area contributed by atoms with Crippen molar-refractivity contribution in [3.05, 3.63) is 23.8 Å². The first-order valence-electron chi connectivity index (χ1n) is 9.09. The number of carbonyl (C=O) groups excluding carboxylic acids is 1. The summed E-state index contributed by atoms with van der Waals surface area (Å²) in [5, 5.41) is 8.81. The van der Waals surface area contributed by atoms with Gasteiger partial charge >= 0.3 is 5.97 Å². The lowest BCUT2D eigenvalue weighted by molar-refractivity contribution is -0.139. The Hall–Kier alpha value is -2.32. The van der Waals surface area contributed by atoms with Crippen LogP contribution in [0.15, 0.2) is 18.2 Å². The Kier molecular flexibility index (Phi) is 7.44. The molecule has 1 fully saturated rings. The van der Waals surface area contributed by atoms with Gasteiger partial charge in [0.2, 0.25) is 5.91 Å². The maximum Gasteiger partial charge on any atom is 0.320 e. The number of carboxylic acids is 1. The second-order valence-electron chi connectivity index (χ2n) is 6.68. The molecule has 150 valence electrons. The van der Waals surface area contributed by atoms with Crippen LogP contribution in [-0.4, -0.2) is 73.2 Å². The van der Waals surface area contributed by atoms with Crippen molar-refractivity contribution < 1.29 is 24.2 Å². The van der Waals surface area contributed by atoms with Crippen LogP contribution < -0.4 is 15.2 Å². The number of nitrogens with zero attached hydrogens (tertiary/aromatic N) is 2. The van der Waals surface area contributed by atoms with Gasteiger partial charge in [-0.1, -0.05) is 6.07 Å². The molecule has 0 aromatic heterocycles. The summed E-state index contributed by atoms with van der Waals surface area (Å²) in [5.74, 6) is 0.414. The average Bonchev–Trinajstić information content (AvgIpc) is 2.70. The number of piperazine rings is 1. The van der Waals surface area contributed by atoms with E-state index in [4.69, 9.17) is 20.3 Å². The lowest BCUT2D eigenvalue weighted by atomic mass is 10.0. The van der Waals surface area contributed by atoms with E-state index in [2.05, 4.69) is 11.8 Å². The molecule has 1 aliphatic rings. The molecule has 2 atom stereocenters. The summed E-state index contributed by atoms with van der Waals surface area (Å²) >= 11 is 0. The summed E-state index contributed by atoms with van der Waals surface area (Å²) in [6.45, 7) is 4.84. The lowest BCUT2D eigenvalue weighted by Gasteiger charge is -2.38. The van der Waals surface area contributed by atoms with Crippen molar-refractivity contribution in [2.75, 3.05) is 40.4 Å². The zero-order valence-electron chi connectivity index (χ0n) is 16.2. The van der Waals surface area contributed by atoms with E-state index in [1.54, 1.807) is 19.1 Å². The van der Waals surface area contributed by atoms with Gasteiger partial charge in [0.05, 0.1) is 14.2 Å². The van der Waals surface area contributed by atoms with Gasteiger partial charge < -0.3 is 25.2 Å². The number of ether oxygens (including phenoxy) is 2. The smallest absolute Gasteiger partial charge is 0.320 e. The second-order valence-corrected chi connectivity index (χ2v) is 6.68. The van der Waals surface area contributed by atoms with E-state index in [9.17, 15) is 9.59 Å². The van der Waals surface area contributed by atoms with Crippen molar-refractivity contribution >= 4 is 11.9 Å². The molecule has 0 saturated carbocycles. The molecule has 1 aromatic carbocycles. The van der Waals surface area contributed by atoms with Crippen LogP contribution in [0.25, 0.3) is 0 Å². The first-order chi connectivity index (χ1) is 12.9. The fourth-order valence-corrected chi connectivity index (χ4v) is 3.28. The molecule has 1 aromatic rings. The number of aliphatic carboxylic acids is 1. The fraction of sp³-hybridized carbons (Fsp3) is 0.579. The first kappa shape index (κ1) is 21.0. The highest BCUT2D eigenvalue weighted by Gasteiger charge is 2.26. The van der Waals surface area contributed by atoms with Crippen molar-refractivity contribution in [2.24, 2.45) is 5.73 Å². The minimum atomic E-state index is -1.07. The van der Waals surface area contributed by atoms with Crippen LogP contribution in [0.4, 0.5) is 0 Å². The van der Waals surface area contributed by atoms with E-state index in [0.717, 1.165) is 30.2 Å². The van der Waals surface area contributed by atoms with E-state index < -0.39 is 12.0 Å². The summed E-state index contributed by atoms with van der Waals surface area (Å²) in [6.07, 6.45) is 0.323. The molecule has 0 spiro atoms. The van der Waals surface area contributed by atoms with Gasteiger partial charge in [0.15, 0.2) is 0 Å². The van der Waals surface area contributed by atoms with Crippen LogP contribution in [0.1, 0.15) is 31.4 Å². The Morgan fingerprint density at radius 2 is 1.85 bits per heavy atom. The third kappa shape index (κ3) is 5.33. The van der Waals surface area contributed by atoms with Crippen molar-refractivity contribution in [3.8, 4) is 11.5 Å². The predicted molar refractivity (Wildman–Crippen MR) is 101 cm³/mol. The molecule has 1 saturated heterocycles. The number of rotatable bonds is 8. The third-order valence-electron chi connectivity index (χ3n) is 5.09. The average molecular weight is 379 g/mol. The Labute approximate surface area is 159 Å². The zero-order chi connectivity index (χ0) is 20.0. The number of benzene rings is 1. The van der Waals surface area contributed by atoms with Crippen LogP contribution in [0.5, 0.6) is 11.5 Å². The van der Waals surface area contributed by atoms with E-state index in [0.29, 0.717) is 13.1 Å². The molecule has 1 heterocycles. The molecule has 0 aliphatic carbocycles. The summed E-state index contributed by atoms with van der Waals surface area (Å²) in [7, 11) is 3.26. The molecule has 2 rings (SSSR count). The largest absolute Gasteiger partial charge is 0.497 e. The fourth-order valence-electron chi connectivity index (χ4n) is 3.28. The standard InChI is InChI=1S/C19H29N3O5/c1-13(15-5-4-14(26-2)12-17(15)27-3)21-8-10-22(11-9-21)18(23)7-6-16(20)19(24)25/h4-5,12-13,16H,6-11,20H2,1-3H3,(H,24,25)/t13?,16-/m0/s1. The summed E-state index contributed by atoms with van der Waals surface area (Å²) in [5.41, 5.74) is 6.54. The Bertz CT molecular complexity index is 659. The van der Waals surface area contributed by atoms with E-state index >= 15 is 0 Å². The molecule has 3 N–H and O–H groups in total. The van der Waals surface area contributed by atoms with Crippen LogP contribution in [0.2, 0.25) is 0 Å². The van der Waals surface area contributed by atoms with Crippen molar-refractivity contribution in [1.29, 1.82) is 0 Å². The van der Waals surface area contributed by atoms with Gasteiger partial charge in [-0.25, -0.2) is 0 Å². The molecule has 27 heavy (non-hydrogen) atoms. The Morgan fingerprint density at radius 1 is 1.19 bits per heavy atom. The normalized spacial score (nSPS) is 17.3. The number of hydrogen-bond acceptors (Lipinski definition) is 6. The summed E-state index contributed by atoms with van der Waals surface area (Å²) in [6, 6.07) is 4.95. The second kappa shape index (κ2) is 9.57. The zero-order valence-corrected chi connectivity index (χ0v) is 16.2. The van der Waals surface area contributed by atoms with Crippen molar-refractivity contribution in [1.82, 2.24) is 9.80 Å². The maximum atomic E-state index is 12.3. The molecule has 8 nitrogen and oxygen atoms in total. The number of carbonyl (C=O) groups is 2. The van der Waals surface area contributed by atoms with E-state index in [-0.39, 0.29) is 24.8 Å². The minimum absolute atomic E-state index is 0.0407. The van der Waals surface area contributed by atoms with E-state index in [1.165, 1.54) is 0 Å². The highest BCUT2D eigenvalue weighted by Crippen LogP contribution is 2.32. The number of methoxy groups -OCH3 is 2. The lowest BCUT2D eigenvalue weighted by Crippen LogP contribution is -2.49. The van der Waals surface area contributed by atoms with Crippen molar-refractivity contribution in [2.45, 2.75) is 31.8 Å². The van der Waals surface area contributed by atoms with E-state index in [1.807, 2.05) is 18.2 Å². The number of carboxylic acid groups (broad SMARTS) is 1. The maximum absolute atomic E-state index is 12.3. The van der Waals surface area contributed by atoms with Crippen LogP contribution in [0, 0.1) is 0 Å². The van der Waals surface area contributed by atoms with Gasteiger partial charge in [-0.2, -0.15) is 0 Å². The molecule has 1 amide bonds. The molecular formula is C19H29N3O5. The molecule has 0 bridgehead atoms. The molecule has 8 heteroatoms. The molecule has 1 aliphatic heterocycles. The highest BCUT2D eigenvalue weighted by molar-refractivity contribution is 5.78. The van der Waals surface area contributed by atoms with Gasteiger partial charge in [0.25, 0.3) is 0 Å². The van der Waals surface area contributed by atoms with Gasteiger partial charge in [-0.3, -0.25) is 14.5 Å². The monoisotopic (exact) mass is 379 g/mol. The molecule has 0 radical (unpaired) electrons. The number of amides is 1. The topological polar surface area (TPSA) is 105 Å². The third-order valence-corrected chi connectivity index (χ3v) is 5.09. The number of hydrogen-bond donors (Lipinski definition) is 2. The Balaban J connectivity index is 1.91. The molecule has 1 unspecified atom stereocenters. The molecular weight excluding hydrogens is 350 g/mol. The van der Waals surface area contributed by atoms with Gasteiger partial charge in [0.1, 0.15) is 17.5 Å². The summed E-state index contributed by atoms with van der Waals surface area (Å²) < 4.78 is 10.8. The highest BCUT2D eigenvalue weighted by atomic mass is 16.5. The van der Waals surface area contributed by atoms with Crippen LogP contribution >= 0.6 is 0 Å². The minimum Gasteiger partial charge on any atom is -0.497 e.